The molecule has 0 atom stereocenters. The van der Waals surface area contributed by atoms with Gasteiger partial charge in [0.05, 0.1) is 33.1 Å². The normalized spacial score (nSPS) is 14.4. The van der Waals surface area contributed by atoms with Gasteiger partial charge in [-0.2, -0.15) is 0 Å². The third-order valence-corrected chi connectivity index (χ3v) is 6.34. The summed E-state index contributed by atoms with van der Waals surface area (Å²) in [6.07, 6.45) is 3.52. The average Bonchev–Trinajstić information content (AvgIpc) is 3.16. The highest BCUT2D eigenvalue weighted by Crippen LogP contribution is 2.40. The Hall–Kier alpha value is -1.92. The van der Waals surface area contributed by atoms with Crippen LogP contribution in [0.4, 0.5) is 5.00 Å². The van der Waals surface area contributed by atoms with Crippen molar-refractivity contribution in [1.29, 1.82) is 0 Å². The molecular weight excluding hydrogens is 403 g/mol. The van der Waals surface area contributed by atoms with Crippen LogP contribution in [0.2, 0.25) is 10.0 Å². The molecule has 4 nitrogen and oxygen atoms in total. The molecule has 1 aromatic carbocycles. The van der Waals surface area contributed by atoms with E-state index in [4.69, 9.17) is 27.9 Å². The molecule has 3 aromatic rings. The second-order valence-corrected chi connectivity index (χ2v) is 7.97. The Morgan fingerprint density at radius 1 is 1.04 bits per heavy atom. The maximum Gasteiger partial charge on any atom is 0.203 e. The van der Waals surface area contributed by atoms with Crippen molar-refractivity contribution in [2.45, 2.75) is 0 Å². The monoisotopic (exact) mass is 418 g/mol. The second kappa shape index (κ2) is 7.98. The molecular formula is C20H16Cl2N2O2S. The van der Waals surface area contributed by atoms with Gasteiger partial charge in [-0.25, -0.2) is 0 Å². The summed E-state index contributed by atoms with van der Waals surface area (Å²) in [6, 6.07) is 10.8. The van der Waals surface area contributed by atoms with Crippen molar-refractivity contribution in [2.75, 3.05) is 31.2 Å². The topological polar surface area (TPSA) is 42.4 Å². The molecule has 0 radical (unpaired) electrons. The predicted octanol–water partition coefficient (Wildman–Crippen LogP) is 5.18. The number of benzene rings is 1. The lowest BCUT2D eigenvalue weighted by atomic mass is 10.1. The van der Waals surface area contributed by atoms with Crippen molar-refractivity contribution in [1.82, 2.24) is 4.98 Å². The number of hydrogen-bond acceptors (Lipinski definition) is 5. The SMILES string of the molecule is O=C(c1ccc(Cl)c(Cl)c1)c1cc(-c2ccncc2)c(N2CCOCC2)s1. The Kier molecular flexibility index (Phi) is 5.45. The van der Waals surface area contributed by atoms with Gasteiger partial charge in [0.25, 0.3) is 0 Å². The summed E-state index contributed by atoms with van der Waals surface area (Å²) in [7, 11) is 0. The van der Waals surface area contributed by atoms with Crippen molar-refractivity contribution in [3.63, 3.8) is 0 Å². The highest BCUT2D eigenvalue weighted by molar-refractivity contribution is 7.18. The largest absolute Gasteiger partial charge is 0.378 e. The maximum absolute atomic E-state index is 13.0. The summed E-state index contributed by atoms with van der Waals surface area (Å²) in [6.45, 7) is 2.98. The molecule has 0 aliphatic carbocycles. The standard InChI is InChI=1S/C20H16Cl2N2O2S/c21-16-2-1-14(11-17(16)22)19(25)18-12-15(13-3-5-23-6-4-13)20(27-18)24-7-9-26-10-8-24/h1-6,11-12H,7-10H2. The molecule has 0 N–H and O–H groups in total. The molecule has 0 spiro atoms. The summed E-state index contributed by atoms with van der Waals surface area (Å²) in [4.78, 5) is 20.1. The number of thiophene rings is 1. The first-order valence-electron chi connectivity index (χ1n) is 8.50. The fraction of sp³-hybridized carbons (Fsp3) is 0.200. The number of pyridine rings is 1. The average molecular weight is 419 g/mol. The molecule has 27 heavy (non-hydrogen) atoms. The van der Waals surface area contributed by atoms with Gasteiger partial charge >= 0.3 is 0 Å². The number of aromatic nitrogens is 1. The lowest BCUT2D eigenvalue weighted by Gasteiger charge is -2.28. The highest BCUT2D eigenvalue weighted by atomic mass is 35.5. The van der Waals surface area contributed by atoms with E-state index in [0.29, 0.717) is 33.7 Å². The van der Waals surface area contributed by atoms with E-state index in [2.05, 4.69) is 9.88 Å². The molecule has 1 aliphatic rings. The zero-order valence-corrected chi connectivity index (χ0v) is 16.7. The number of anilines is 1. The molecule has 0 amide bonds. The van der Waals surface area contributed by atoms with E-state index in [9.17, 15) is 4.79 Å². The van der Waals surface area contributed by atoms with E-state index in [-0.39, 0.29) is 5.78 Å². The second-order valence-electron chi connectivity index (χ2n) is 6.12. The smallest absolute Gasteiger partial charge is 0.203 e. The molecule has 7 heteroatoms. The Morgan fingerprint density at radius 3 is 2.48 bits per heavy atom. The molecule has 3 heterocycles. The van der Waals surface area contributed by atoms with Gasteiger partial charge in [-0.3, -0.25) is 9.78 Å². The predicted molar refractivity (Wildman–Crippen MR) is 110 cm³/mol. The minimum atomic E-state index is -0.0617. The summed E-state index contributed by atoms with van der Waals surface area (Å²) < 4.78 is 5.47. The number of hydrogen-bond donors (Lipinski definition) is 0. The van der Waals surface area contributed by atoms with Crippen LogP contribution in [-0.2, 0) is 4.74 Å². The van der Waals surface area contributed by atoms with Gasteiger partial charge < -0.3 is 9.64 Å². The van der Waals surface area contributed by atoms with Crippen molar-refractivity contribution >= 4 is 45.3 Å². The first-order chi connectivity index (χ1) is 13.1. The maximum atomic E-state index is 13.0. The molecule has 1 aliphatic heterocycles. The fourth-order valence-corrected chi connectivity index (χ4v) is 4.50. The number of nitrogens with zero attached hydrogens (tertiary/aromatic N) is 2. The van der Waals surface area contributed by atoms with Crippen molar-refractivity contribution < 1.29 is 9.53 Å². The highest BCUT2D eigenvalue weighted by Gasteiger charge is 2.22. The van der Waals surface area contributed by atoms with Gasteiger partial charge in [0.1, 0.15) is 0 Å². The molecule has 138 valence electrons. The van der Waals surface area contributed by atoms with E-state index in [0.717, 1.165) is 29.2 Å². The van der Waals surface area contributed by atoms with Crippen molar-refractivity contribution in [3.05, 3.63) is 69.3 Å². The van der Waals surface area contributed by atoms with Gasteiger partial charge in [0.2, 0.25) is 5.78 Å². The molecule has 1 fully saturated rings. The molecule has 0 bridgehead atoms. The number of rotatable bonds is 4. The summed E-state index contributed by atoms with van der Waals surface area (Å²) in [5.41, 5.74) is 2.60. The molecule has 0 saturated carbocycles. The van der Waals surface area contributed by atoms with Gasteiger partial charge in [-0.1, -0.05) is 23.2 Å². The summed E-state index contributed by atoms with van der Waals surface area (Å²) >= 11 is 13.6. The lowest BCUT2D eigenvalue weighted by Crippen LogP contribution is -2.35. The van der Waals surface area contributed by atoms with Crippen LogP contribution in [0.15, 0.2) is 48.8 Å². The summed E-state index contributed by atoms with van der Waals surface area (Å²) in [5.74, 6) is -0.0617. The Labute approximate surface area is 171 Å². The first-order valence-corrected chi connectivity index (χ1v) is 10.1. The molecule has 1 saturated heterocycles. The molecule has 0 unspecified atom stereocenters. The van der Waals surface area contributed by atoms with E-state index < -0.39 is 0 Å². The first kappa shape index (κ1) is 18.4. The minimum Gasteiger partial charge on any atom is -0.378 e. The van der Waals surface area contributed by atoms with E-state index in [1.165, 1.54) is 11.3 Å². The van der Waals surface area contributed by atoms with Gasteiger partial charge in [0, 0.05) is 36.6 Å². The van der Waals surface area contributed by atoms with Crippen molar-refractivity contribution in [2.24, 2.45) is 0 Å². The fourth-order valence-electron chi connectivity index (χ4n) is 3.01. The van der Waals surface area contributed by atoms with Crippen LogP contribution >= 0.6 is 34.5 Å². The summed E-state index contributed by atoms with van der Waals surface area (Å²) in [5, 5.41) is 1.89. The van der Waals surface area contributed by atoms with Crippen molar-refractivity contribution in [3.8, 4) is 11.1 Å². The lowest BCUT2D eigenvalue weighted by molar-refractivity contribution is 0.104. The molecule has 4 rings (SSSR count). The van der Waals surface area contributed by atoms with Gasteiger partial charge in [-0.15, -0.1) is 11.3 Å². The van der Waals surface area contributed by atoms with Gasteiger partial charge in [-0.05, 0) is 42.0 Å². The Balaban J connectivity index is 1.76. The third-order valence-electron chi connectivity index (χ3n) is 4.41. The zero-order valence-electron chi connectivity index (χ0n) is 14.3. The van der Waals surface area contributed by atoms with Gasteiger partial charge in [0.15, 0.2) is 0 Å². The minimum absolute atomic E-state index is 0.0617. The Morgan fingerprint density at radius 2 is 1.78 bits per heavy atom. The van der Waals surface area contributed by atoms with Crippen LogP contribution in [-0.4, -0.2) is 37.1 Å². The number of ether oxygens (including phenoxy) is 1. The number of morpholine rings is 1. The van der Waals surface area contributed by atoms with E-state index >= 15 is 0 Å². The van der Waals surface area contributed by atoms with Crippen LogP contribution < -0.4 is 4.90 Å². The quantitative estimate of drug-likeness (QED) is 0.547. The van der Waals surface area contributed by atoms with Crippen LogP contribution in [0.25, 0.3) is 11.1 Å². The Bertz CT molecular complexity index is 969. The number of carbonyl (C=O) groups is 1. The zero-order chi connectivity index (χ0) is 18.8. The van der Waals surface area contributed by atoms with E-state index in [1.54, 1.807) is 30.6 Å². The molecule has 2 aromatic heterocycles. The number of halogens is 2. The van der Waals surface area contributed by atoms with Crippen LogP contribution in [0.5, 0.6) is 0 Å². The van der Waals surface area contributed by atoms with Crippen LogP contribution in [0.3, 0.4) is 0 Å². The third kappa shape index (κ3) is 3.87. The number of carbonyl (C=O) groups excluding carboxylic acids is 1. The van der Waals surface area contributed by atoms with Crippen LogP contribution in [0, 0.1) is 0 Å². The van der Waals surface area contributed by atoms with Crippen LogP contribution in [0.1, 0.15) is 15.2 Å². The van der Waals surface area contributed by atoms with E-state index in [1.807, 2.05) is 18.2 Å². The number of ketones is 1.